The third-order valence-electron chi connectivity index (χ3n) is 1.22. The monoisotopic (exact) mass is 143 g/mol. The molecule has 0 aromatic rings. The predicted octanol–water partition coefficient (Wildman–Crippen LogP) is 1.14. The second-order valence-corrected chi connectivity index (χ2v) is 2.69. The average Bonchev–Trinajstić information content (AvgIpc) is 1.82. The quantitative estimate of drug-likeness (QED) is 0.535. The Morgan fingerprint density at radius 2 is 2.20 bits per heavy atom. The van der Waals surface area contributed by atoms with Gasteiger partial charge in [0.1, 0.15) is 0 Å². The number of methoxy groups -OCH3 is 1. The van der Waals surface area contributed by atoms with Gasteiger partial charge in [0, 0.05) is 20.2 Å². The second kappa shape index (κ2) is 5.45. The first-order valence-electron chi connectivity index (χ1n) is 3.48. The van der Waals surface area contributed by atoms with E-state index in [1.807, 2.05) is 6.92 Å². The van der Waals surface area contributed by atoms with Crippen molar-refractivity contribution in [2.75, 3.05) is 33.9 Å². The van der Waals surface area contributed by atoms with Crippen LogP contribution in [-0.2, 0) is 4.74 Å². The molecule has 0 N–H and O–H groups in total. The molecule has 0 aromatic heterocycles. The fourth-order valence-electron chi connectivity index (χ4n) is 0.787. The van der Waals surface area contributed by atoms with Gasteiger partial charge in [-0.1, -0.05) is 12.2 Å². The minimum Gasteiger partial charge on any atom is -0.383 e. The molecule has 0 aromatic carbocycles. The van der Waals surface area contributed by atoms with Crippen molar-refractivity contribution in [3.63, 3.8) is 0 Å². The zero-order valence-corrected chi connectivity index (χ0v) is 7.18. The first-order chi connectivity index (χ1) is 4.66. The third kappa shape index (κ3) is 5.79. The summed E-state index contributed by atoms with van der Waals surface area (Å²) in [6.07, 6.45) is 0. The van der Waals surface area contributed by atoms with Crippen LogP contribution in [-0.4, -0.2) is 38.8 Å². The smallest absolute Gasteiger partial charge is 0.0589 e. The summed E-state index contributed by atoms with van der Waals surface area (Å²) in [6.45, 7) is 8.58. The summed E-state index contributed by atoms with van der Waals surface area (Å²) < 4.78 is 4.92. The summed E-state index contributed by atoms with van der Waals surface area (Å²) in [5.41, 5.74) is 1.19. The highest BCUT2D eigenvalue weighted by Crippen LogP contribution is 1.90. The van der Waals surface area contributed by atoms with E-state index in [4.69, 9.17) is 4.74 Å². The van der Waals surface area contributed by atoms with E-state index in [0.29, 0.717) is 0 Å². The molecule has 0 rings (SSSR count). The van der Waals surface area contributed by atoms with Gasteiger partial charge in [0.2, 0.25) is 0 Å². The summed E-state index contributed by atoms with van der Waals surface area (Å²) in [7, 11) is 3.78. The van der Waals surface area contributed by atoms with Gasteiger partial charge < -0.3 is 9.64 Å². The van der Waals surface area contributed by atoms with Crippen molar-refractivity contribution >= 4 is 0 Å². The van der Waals surface area contributed by atoms with Crippen LogP contribution in [0.4, 0.5) is 0 Å². The van der Waals surface area contributed by atoms with E-state index >= 15 is 0 Å². The van der Waals surface area contributed by atoms with Gasteiger partial charge >= 0.3 is 0 Å². The molecule has 10 heavy (non-hydrogen) atoms. The van der Waals surface area contributed by atoms with Crippen molar-refractivity contribution in [1.82, 2.24) is 4.90 Å². The molecule has 2 nitrogen and oxygen atoms in total. The van der Waals surface area contributed by atoms with E-state index in [1.165, 1.54) is 5.57 Å². The van der Waals surface area contributed by atoms with Crippen LogP contribution < -0.4 is 0 Å². The Morgan fingerprint density at radius 3 is 2.60 bits per heavy atom. The third-order valence-corrected chi connectivity index (χ3v) is 1.22. The highest BCUT2D eigenvalue weighted by atomic mass is 16.5. The Kier molecular flexibility index (Phi) is 5.26. The Bertz CT molecular complexity index is 101. The average molecular weight is 143 g/mol. The highest BCUT2D eigenvalue weighted by molar-refractivity contribution is 4.90. The van der Waals surface area contributed by atoms with Gasteiger partial charge in [-0.2, -0.15) is 0 Å². The van der Waals surface area contributed by atoms with Gasteiger partial charge in [-0.25, -0.2) is 0 Å². The van der Waals surface area contributed by atoms with Crippen molar-refractivity contribution in [2.45, 2.75) is 6.92 Å². The van der Waals surface area contributed by atoms with Gasteiger partial charge in [-0.3, -0.25) is 0 Å². The van der Waals surface area contributed by atoms with Crippen molar-refractivity contribution in [2.24, 2.45) is 0 Å². The van der Waals surface area contributed by atoms with Crippen LogP contribution in [0.5, 0.6) is 0 Å². The Morgan fingerprint density at radius 1 is 1.60 bits per heavy atom. The minimum atomic E-state index is 0.795. The SMILES string of the molecule is C=C(C)CN(C)CCOC. The zero-order valence-electron chi connectivity index (χ0n) is 7.18. The minimum absolute atomic E-state index is 0.795. The number of likely N-dealkylation sites (N-methyl/N-ethyl adjacent to an activating group) is 1. The molecule has 0 radical (unpaired) electrons. The maximum atomic E-state index is 4.92. The molecule has 60 valence electrons. The lowest BCUT2D eigenvalue weighted by atomic mass is 10.3. The summed E-state index contributed by atoms with van der Waals surface area (Å²) in [6, 6.07) is 0. The fraction of sp³-hybridized carbons (Fsp3) is 0.750. The molecular formula is C8H17NO. The largest absolute Gasteiger partial charge is 0.383 e. The van der Waals surface area contributed by atoms with Gasteiger partial charge in [-0.15, -0.1) is 0 Å². The topological polar surface area (TPSA) is 12.5 Å². The van der Waals surface area contributed by atoms with Crippen LogP contribution >= 0.6 is 0 Å². The second-order valence-electron chi connectivity index (χ2n) is 2.69. The van der Waals surface area contributed by atoms with Crippen LogP contribution in [0, 0.1) is 0 Å². The number of ether oxygens (including phenoxy) is 1. The van der Waals surface area contributed by atoms with Gasteiger partial charge in [0.05, 0.1) is 6.61 Å². The molecule has 0 heterocycles. The Hall–Kier alpha value is -0.340. The lowest BCUT2D eigenvalue weighted by molar-refractivity contribution is 0.165. The van der Waals surface area contributed by atoms with E-state index in [-0.39, 0.29) is 0 Å². The van der Waals surface area contributed by atoms with Crippen molar-refractivity contribution in [1.29, 1.82) is 0 Å². The number of hydrogen-bond donors (Lipinski definition) is 0. The van der Waals surface area contributed by atoms with Gasteiger partial charge in [-0.05, 0) is 14.0 Å². The standard InChI is InChI=1S/C8H17NO/c1-8(2)7-9(3)5-6-10-4/h1,5-7H2,2-4H3. The number of hydrogen-bond acceptors (Lipinski definition) is 2. The molecule has 0 aliphatic carbocycles. The van der Waals surface area contributed by atoms with Crippen molar-refractivity contribution in [3.8, 4) is 0 Å². The molecule has 0 amide bonds. The molecular weight excluding hydrogens is 126 g/mol. The molecule has 0 atom stereocenters. The van der Waals surface area contributed by atoms with Crippen LogP contribution in [0.2, 0.25) is 0 Å². The summed E-state index contributed by atoms with van der Waals surface area (Å²) in [4.78, 5) is 2.19. The van der Waals surface area contributed by atoms with Gasteiger partial charge in [0.25, 0.3) is 0 Å². The molecule has 0 unspecified atom stereocenters. The fourth-order valence-corrected chi connectivity index (χ4v) is 0.787. The molecule has 2 heteroatoms. The lowest BCUT2D eigenvalue weighted by Crippen LogP contribution is -2.24. The van der Waals surface area contributed by atoms with Crippen LogP contribution in [0.25, 0.3) is 0 Å². The van der Waals surface area contributed by atoms with Crippen molar-refractivity contribution in [3.05, 3.63) is 12.2 Å². The first-order valence-corrected chi connectivity index (χ1v) is 3.48. The molecule has 0 saturated heterocycles. The molecule has 0 aliphatic rings. The van der Waals surface area contributed by atoms with Crippen molar-refractivity contribution < 1.29 is 4.74 Å². The summed E-state index contributed by atoms with van der Waals surface area (Å²) >= 11 is 0. The molecule has 0 bridgehead atoms. The zero-order chi connectivity index (χ0) is 7.98. The van der Waals surface area contributed by atoms with E-state index in [1.54, 1.807) is 7.11 Å². The molecule has 0 saturated carbocycles. The van der Waals surface area contributed by atoms with Crippen LogP contribution in [0.1, 0.15) is 6.92 Å². The van der Waals surface area contributed by atoms with Crippen LogP contribution in [0.15, 0.2) is 12.2 Å². The summed E-state index contributed by atoms with van der Waals surface area (Å²) in [5.74, 6) is 0. The predicted molar refractivity (Wildman–Crippen MR) is 44.2 cm³/mol. The maximum Gasteiger partial charge on any atom is 0.0589 e. The molecule has 0 fully saturated rings. The Balaban J connectivity index is 3.25. The normalized spacial score (nSPS) is 10.4. The lowest BCUT2D eigenvalue weighted by Gasteiger charge is -2.15. The van der Waals surface area contributed by atoms with E-state index in [2.05, 4.69) is 18.5 Å². The first kappa shape index (κ1) is 9.66. The summed E-state index contributed by atoms with van der Waals surface area (Å²) in [5, 5.41) is 0. The number of rotatable bonds is 5. The van der Waals surface area contributed by atoms with Gasteiger partial charge in [0.15, 0.2) is 0 Å². The maximum absolute atomic E-state index is 4.92. The highest BCUT2D eigenvalue weighted by Gasteiger charge is 1.95. The molecule has 0 spiro atoms. The molecule has 0 aliphatic heterocycles. The van der Waals surface area contributed by atoms with Crippen LogP contribution in [0.3, 0.4) is 0 Å². The van der Waals surface area contributed by atoms with E-state index < -0.39 is 0 Å². The Labute approximate surface area is 63.5 Å². The number of nitrogens with zero attached hydrogens (tertiary/aromatic N) is 1. The van der Waals surface area contributed by atoms with E-state index in [0.717, 1.165) is 19.7 Å². The van der Waals surface area contributed by atoms with E-state index in [9.17, 15) is 0 Å².